The Morgan fingerprint density at radius 2 is 1.36 bits per heavy atom. The minimum absolute atomic E-state index is 0.198. The molecule has 4 heteroatoms. The Morgan fingerprint density at radius 3 is 1.76 bits per heavy atom. The van der Waals surface area contributed by atoms with Crippen molar-refractivity contribution in [3.8, 4) is 5.75 Å². The number of Topliss-reactive ketones (excluding diaryl/α,β-unsaturated/α-hetero) is 1. The first-order valence-corrected chi connectivity index (χ1v) is 8.19. The highest BCUT2D eigenvalue weighted by molar-refractivity contribution is 6.03. The lowest BCUT2D eigenvalue weighted by Gasteiger charge is -2.29. The average molecular weight is 340 g/mol. The first-order valence-electron chi connectivity index (χ1n) is 8.19. The van der Waals surface area contributed by atoms with Gasteiger partial charge >= 0.3 is 5.97 Å². The van der Waals surface area contributed by atoms with E-state index in [4.69, 9.17) is 9.47 Å². The van der Waals surface area contributed by atoms with Gasteiger partial charge in [0.2, 0.25) is 0 Å². The van der Waals surface area contributed by atoms with Crippen molar-refractivity contribution in [2.24, 2.45) is 5.41 Å². The number of carbonyl (C=O) groups is 2. The number of carbonyl (C=O) groups excluding carboxylic acids is 2. The summed E-state index contributed by atoms with van der Waals surface area (Å²) >= 11 is 0. The van der Waals surface area contributed by atoms with Crippen LogP contribution in [0.1, 0.15) is 23.6 Å². The van der Waals surface area contributed by atoms with E-state index in [0.717, 1.165) is 22.4 Å². The second-order valence-corrected chi connectivity index (χ2v) is 6.32. The molecule has 2 aromatic rings. The first-order chi connectivity index (χ1) is 11.9. The largest absolute Gasteiger partial charge is 0.497 e. The van der Waals surface area contributed by atoms with Crippen molar-refractivity contribution >= 4 is 11.8 Å². The summed E-state index contributed by atoms with van der Waals surface area (Å²) in [5.74, 6) is 0.0286. The molecule has 0 radical (unpaired) electrons. The molecular formula is C21H24O4. The van der Waals surface area contributed by atoms with Crippen LogP contribution >= 0.6 is 0 Å². The lowest BCUT2D eigenvalue weighted by atomic mass is 9.73. The average Bonchev–Trinajstić information content (AvgIpc) is 2.62. The van der Waals surface area contributed by atoms with Crippen LogP contribution in [-0.2, 0) is 27.2 Å². The molecule has 1 atom stereocenters. The Kier molecular flexibility index (Phi) is 5.97. The maximum absolute atomic E-state index is 12.6. The standard InChI is InChI=1S/C21H24O4/c1-15-5-7-17(8-6-15)13-21(16(2)22,20(23)25-4)14-18-9-11-19(24-3)12-10-18/h5-12H,13-14H2,1-4H3. The molecule has 132 valence electrons. The third-order valence-electron chi connectivity index (χ3n) is 4.54. The van der Waals surface area contributed by atoms with Gasteiger partial charge in [0.05, 0.1) is 14.2 Å². The highest BCUT2D eigenvalue weighted by Gasteiger charge is 2.44. The Hall–Kier alpha value is -2.62. The number of ether oxygens (including phenoxy) is 2. The SMILES string of the molecule is COC(=O)C(Cc1ccc(C)cc1)(Cc1ccc(OC)cc1)C(C)=O. The number of hydrogen-bond acceptors (Lipinski definition) is 4. The zero-order valence-electron chi connectivity index (χ0n) is 15.2. The van der Waals surface area contributed by atoms with Crippen molar-refractivity contribution in [2.75, 3.05) is 14.2 Å². The summed E-state index contributed by atoms with van der Waals surface area (Å²) < 4.78 is 10.2. The summed E-state index contributed by atoms with van der Waals surface area (Å²) in [6.45, 7) is 3.45. The van der Waals surface area contributed by atoms with Gasteiger partial charge in [0.15, 0.2) is 0 Å². The summed E-state index contributed by atoms with van der Waals surface area (Å²) in [5, 5.41) is 0. The molecular weight excluding hydrogens is 316 g/mol. The molecule has 0 spiro atoms. The van der Waals surface area contributed by atoms with E-state index in [2.05, 4.69) is 0 Å². The summed E-state index contributed by atoms with van der Waals surface area (Å²) in [6.07, 6.45) is 0.591. The lowest BCUT2D eigenvalue weighted by molar-refractivity contribution is -0.157. The molecule has 0 fully saturated rings. The molecule has 0 aliphatic rings. The predicted molar refractivity (Wildman–Crippen MR) is 96.7 cm³/mol. The van der Waals surface area contributed by atoms with Crippen LogP contribution in [0.25, 0.3) is 0 Å². The van der Waals surface area contributed by atoms with Gasteiger partial charge in [-0.1, -0.05) is 42.0 Å². The molecule has 4 nitrogen and oxygen atoms in total. The molecule has 0 saturated heterocycles. The van der Waals surface area contributed by atoms with Gasteiger partial charge in [-0.25, -0.2) is 0 Å². The number of benzene rings is 2. The topological polar surface area (TPSA) is 52.6 Å². The molecule has 0 aliphatic heterocycles. The van der Waals surface area contributed by atoms with Gasteiger partial charge in [-0.2, -0.15) is 0 Å². The van der Waals surface area contributed by atoms with Crippen molar-refractivity contribution < 1.29 is 19.1 Å². The van der Waals surface area contributed by atoms with Gasteiger partial charge in [-0.15, -0.1) is 0 Å². The van der Waals surface area contributed by atoms with Crippen molar-refractivity contribution in [3.05, 3.63) is 65.2 Å². The summed E-state index contributed by atoms with van der Waals surface area (Å²) in [7, 11) is 2.92. The number of rotatable bonds is 7. The van der Waals surface area contributed by atoms with Gasteiger partial charge in [0.25, 0.3) is 0 Å². The van der Waals surface area contributed by atoms with Crippen LogP contribution < -0.4 is 4.74 Å². The second-order valence-electron chi connectivity index (χ2n) is 6.32. The lowest BCUT2D eigenvalue weighted by Crippen LogP contribution is -2.43. The van der Waals surface area contributed by atoms with E-state index in [1.165, 1.54) is 14.0 Å². The molecule has 2 rings (SSSR count). The van der Waals surface area contributed by atoms with Crippen molar-refractivity contribution in [1.82, 2.24) is 0 Å². The Labute approximate surface area is 148 Å². The van der Waals surface area contributed by atoms with E-state index in [0.29, 0.717) is 6.42 Å². The molecule has 0 heterocycles. The Bertz CT molecular complexity index is 731. The summed E-state index contributed by atoms with van der Waals surface area (Å²) in [5.41, 5.74) is 1.71. The van der Waals surface area contributed by atoms with Crippen molar-refractivity contribution in [1.29, 1.82) is 0 Å². The molecule has 1 unspecified atom stereocenters. The van der Waals surface area contributed by atoms with Crippen LogP contribution in [0.15, 0.2) is 48.5 Å². The monoisotopic (exact) mass is 340 g/mol. The minimum Gasteiger partial charge on any atom is -0.497 e. The van der Waals surface area contributed by atoms with Gasteiger partial charge in [0.1, 0.15) is 16.9 Å². The molecule has 0 aromatic heterocycles. The summed E-state index contributed by atoms with van der Waals surface area (Å²) in [4.78, 5) is 25.1. The van der Waals surface area contributed by atoms with E-state index in [1.807, 2.05) is 55.5 Å². The number of aryl methyl sites for hydroxylation is 1. The summed E-state index contributed by atoms with van der Waals surface area (Å²) in [6, 6.07) is 15.2. The maximum atomic E-state index is 12.6. The molecule has 0 saturated carbocycles. The van der Waals surface area contributed by atoms with Gasteiger partial charge in [-0.05, 0) is 49.9 Å². The number of methoxy groups -OCH3 is 2. The highest BCUT2D eigenvalue weighted by Crippen LogP contribution is 2.32. The van der Waals surface area contributed by atoms with Crippen LogP contribution in [0.3, 0.4) is 0 Å². The van der Waals surface area contributed by atoms with Crippen LogP contribution in [-0.4, -0.2) is 26.0 Å². The molecule has 25 heavy (non-hydrogen) atoms. The van der Waals surface area contributed by atoms with Crippen LogP contribution in [0.5, 0.6) is 5.75 Å². The fraction of sp³-hybridized carbons (Fsp3) is 0.333. The smallest absolute Gasteiger partial charge is 0.320 e. The number of ketones is 1. The van der Waals surface area contributed by atoms with Crippen molar-refractivity contribution in [3.63, 3.8) is 0 Å². The van der Waals surface area contributed by atoms with Crippen LogP contribution in [0, 0.1) is 12.3 Å². The molecule has 0 amide bonds. The van der Waals surface area contributed by atoms with Crippen LogP contribution in [0.4, 0.5) is 0 Å². The molecule has 0 aliphatic carbocycles. The van der Waals surface area contributed by atoms with Crippen LogP contribution in [0.2, 0.25) is 0 Å². The quantitative estimate of drug-likeness (QED) is 0.571. The first kappa shape index (κ1) is 18.7. The Balaban J connectivity index is 2.40. The fourth-order valence-electron chi connectivity index (χ4n) is 2.94. The van der Waals surface area contributed by atoms with Gasteiger partial charge in [0, 0.05) is 0 Å². The number of esters is 1. The normalized spacial score (nSPS) is 13.0. The third-order valence-corrected chi connectivity index (χ3v) is 4.54. The van der Waals surface area contributed by atoms with E-state index in [9.17, 15) is 9.59 Å². The van der Waals surface area contributed by atoms with E-state index in [1.54, 1.807) is 7.11 Å². The van der Waals surface area contributed by atoms with Gasteiger partial charge < -0.3 is 9.47 Å². The maximum Gasteiger partial charge on any atom is 0.320 e. The fourth-order valence-corrected chi connectivity index (χ4v) is 2.94. The molecule has 0 N–H and O–H groups in total. The van der Waals surface area contributed by atoms with E-state index in [-0.39, 0.29) is 12.2 Å². The van der Waals surface area contributed by atoms with Crippen molar-refractivity contribution in [2.45, 2.75) is 26.7 Å². The minimum atomic E-state index is -1.24. The molecule has 0 bridgehead atoms. The predicted octanol–water partition coefficient (Wildman–Crippen LogP) is 3.54. The second kappa shape index (κ2) is 7.97. The highest BCUT2D eigenvalue weighted by atomic mass is 16.5. The zero-order chi connectivity index (χ0) is 18.4. The number of hydrogen-bond donors (Lipinski definition) is 0. The van der Waals surface area contributed by atoms with E-state index >= 15 is 0 Å². The molecule has 2 aromatic carbocycles. The van der Waals surface area contributed by atoms with Gasteiger partial charge in [-0.3, -0.25) is 9.59 Å². The third kappa shape index (κ3) is 4.27. The zero-order valence-corrected chi connectivity index (χ0v) is 15.2. The Morgan fingerprint density at radius 1 is 0.880 bits per heavy atom. The van der Waals surface area contributed by atoms with E-state index < -0.39 is 11.4 Å².